The Hall–Kier alpha value is -1.52. The van der Waals surface area contributed by atoms with Crippen LogP contribution in [0.1, 0.15) is 17.2 Å². The van der Waals surface area contributed by atoms with Gasteiger partial charge in [0, 0.05) is 18.0 Å². The van der Waals surface area contributed by atoms with E-state index in [0.717, 1.165) is 18.2 Å². The zero-order chi connectivity index (χ0) is 12.4. The second-order valence-electron chi connectivity index (χ2n) is 3.54. The molecule has 0 fully saturated rings. The van der Waals surface area contributed by atoms with Crippen molar-refractivity contribution in [3.05, 3.63) is 64.4 Å². The van der Waals surface area contributed by atoms with Crippen molar-refractivity contribution >= 4 is 11.6 Å². The van der Waals surface area contributed by atoms with Crippen LogP contribution in [0, 0.1) is 11.6 Å². The lowest BCUT2D eigenvalue weighted by Crippen LogP contribution is -2.14. The van der Waals surface area contributed by atoms with E-state index in [2.05, 4.69) is 4.98 Å². The van der Waals surface area contributed by atoms with Crippen LogP contribution in [0.5, 0.6) is 0 Å². The molecule has 2 rings (SSSR count). The van der Waals surface area contributed by atoms with Crippen LogP contribution in [0.2, 0.25) is 5.02 Å². The number of hydrogen-bond acceptors (Lipinski definition) is 2. The monoisotopic (exact) mass is 254 g/mol. The second-order valence-corrected chi connectivity index (χ2v) is 3.95. The van der Waals surface area contributed by atoms with Crippen molar-refractivity contribution in [2.45, 2.75) is 6.04 Å². The standard InChI is InChI=1S/C12H9ClF2N2/c13-10-6-17-4-3-8(10)12(16)9-5-7(14)1-2-11(9)15/h1-6,12H,16H2. The van der Waals surface area contributed by atoms with Crippen LogP contribution in [0.3, 0.4) is 0 Å². The molecule has 0 aliphatic rings. The molecule has 2 aromatic rings. The van der Waals surface area contributed by atoms with E-state index in [1.54, 1.807) is 6.07 Å². The van der Waals surface area contributed by atoms with Gasteiger partial charge in [-0.25, -0.2) is 8.78 Å². The summed E-state index contributed by atoms with van der Waals surface area (Å²) in [5, 5.41) is 0.323. The molecule has 17 heavy (non-hydrogen) atoms. The highest BCUT2D eigenvalue weighted by atomic mass is 35.5. The fourth-order valence-electron chi connectivity index (χ4n) is 1.56. The SMILES string of the molecule is NC(c1cc(F)ccc1F)c1ccncc1Cl. The Kier molecular flexibility index (Phi) is 3.36. The Balaban J connectivity index is 2.47. The molecule has 1 aromatic carbocycles. The third-order valence-corrected chi connectivity index (χ3v) is 2.75. The van der Waals surface area contributed by atoms with Crippen LogP contribution in [-0.4, -0.2) is 4.98 Å². The molecule has 0 saturated carbocycles. The quantitative estimate of drug-likeness (QED) is 0.895. The maximum absolute atomic E-state index is 13.5. The summed E-state index contributed by atoms with van der Waals surface area (Å²) in [6.45, 7) is 0. The summed E-state index contributed by atoms with van der Waals surface area (Å²) in [6.07, 6.45) is 2.91. The Morgan fingerprint density at radius 1 is 1.18 bits per heavy atom. The molecule has 1 atom stereocenters. The zero-order valence-corrected chi connectivity index (χ0v) is 9.46. The predicted molar refractivity (Wildman–Crippen MR) is 61.6 cm³/mol. The van der Waals surface area contributed by atoms with E-state index < -0.39 is 17.7 Å². The van der Waals surface area contributed by atoms with E-state index in [9.17, 15) is 8.78 Å². The molecule has 2 nitrogen and oxygen atoms in total. The van der Waals surface area contributed by atoms with Gasteiger partial charge in [-0.3, -0.25) is 4.98 Å². The average Bonchev–Trinajstić information content (AvgIpc) is 2.32. The normalized spacial score (nSPS) is 12.5. The van der Waals surface area contributed by atoms with E-state index in [0.29, 0.717) is 10.6 Å². The van der Waals surface area contributed by atoms with Crippen molar-refractivity contribution in [3.8, 4) is 0 Å². The van der Waals surface area contributed by atoms with Crippen molar-refractivity contribution in [2.24, 2.45) is 5.73 Å². The third kappa shape index (κ3) is 2.43. The predicted octanol–water partition coefficient (Wildman–Crippen LogP) is 3.06. The van der Waals surface area contributed by atoms with E-state index in [1.807, 2.05) is 0 Å². The molecule has 1 aromatic heterocycles. The first-order valence-corrected chi connectivity index (χ1v) is 5.27. The summed E-state index contributed by atoms with van der Waals surface area (Å²) in [4.78, 5) is 3.81. The Bertz CT molecular complexity index is 546. The largest absolute Gasteiger partial charge is 0.320 e. The van der Waals surface area contributed by atoms with Gasteiger partial charge in [0.2, 0.25) is 0 Å². The molecule has 0 bridgehead atoms. The first-order chi connectivity index (χ1) is 8.09. The first kappa shape index (κ1) is 12.0. The minimum atomic E-state index is -0.818. The van der Waals surface area contributed by atoms with Crippen LogP contribution in [0.4, 0.5) is 8.78 Å². The fraction of sp³-hybridized carbons (Fsp3) is 0.0833. The maximum Gasteiger partial charge on any atom is 0.128 e. The number of halogens is 3. The van der Waals surface area contributed by atoms with Gasteiger partial charge in [-0.15, -0.1) is 0 Å². The highest BCUT2D eigenvalue weighted by Gasteiger charge is 2.16. The van der Waals surface area contributed by atoms with Gasteiger partial charge < -0.3 is 5.73 Å². The number of nitrogens with zero attached hydrogens (tertiary/aromatic N) is 1. The second kappa shape index (κ2) is 4.77. The van der Waals surface area contributed by atoms with Gasteiger partial charge in [-0.05, 0) is 29.8 Å². The smallest absolute Gasteiger partial charge is 0.128 e. The minimum absolute atomic E-state index is 0.0677. The lowest BCUT2D eigenvalue weighted by Gasteiger charge is -2.14. The molecule has 0 saturated heterocycles. The first-order valence-electron chi connectivity index (χ1n) is 4.89. The average molecular weight is 255 g/mol. The van der Waals surface area contributed by atoms with E-state index in [-0.39, 0.29) is 5.56 Å². The summed E-state index contributed by atoms with van der Waals surface area (Å²) in [6, 6.07) is 3.91. The molecule has 0 spiro atoms. The Labute approximate surface area is 102 Å². The van der Waals surface area contributed by atoms with E-state index >= 15 is 0 Å². The fourth-order valence-corrected chi connectivity index (χ4v) is 1.80. The van der Waals surface area contributed by atoms with Crippen LogP contribution in [-0.2, 0) is 0 Å². The summed E-state index contributed by atoms with van der Waals surface area (Å²) in [5.41, 5.74) is 6.44. The topological polar surface area (TPSA) is 38.9 Å². The molecular weight excluding hydrogens is 246 g/mol. The lowest BCUT2D eigenvalue weighted by atomic mass is 10.00. The van der Waals surface area contributed by atoms with Crippen LogP contribution in [0.25, 0.3) is 0 Å². The number of hydrogen-bond donors (Lipinski definition) is 1. The Morgan fingerprint density at radius 3 is 2.65 bits per heavy atom. The van der Waals surface area contributed by atoms with Gasteiger partial charge in [-0.2, -0.15) is 0 Å². The zero-order valence-electron chi connectivity index (χ0n) is 8.70. The molecule has 0 aliphatic carbocycles. The highest BCUT2D eigenvalue weighted by molar-refractivity contribution is 6.31. The molecule has 0 aliphatic heterocycles. The number of pyridine rings is 1. The van der Waals surface area contributed by atoms with Gasteiger partial charge in [0.15, 0.2) is 0 Å². The van der Waals surface area contributed by atoms with Gasteiger partial charge in [-0.1, -0.05) is 11.6 Å². The molecule has 1 heterocycles. The van der Waals surface area contributed by atoms with Gasteiger partial charge in [0.05, 0.1) is 11.1 Å². The van der Waals surface area contributed by atoms with Gasteiger partial charge in [0.1, 0.15) is 11.6 Å². The molecule has 0 amide bonds. The van der Waals surface area contributed by atoms with Gasteiger partial charge >= 0.3 is 0 Å². The summed E-state index contributed by atoms with van der Waals surface area (Å²) in [5.74, 6) is -1.10. The highest BCUT2D eigenvalue weighted by Crippen LogP contribution is 2.27. The molecule has 2 N–H and O–H groups in total. The molecule has 0 radical (unpaired) electrons. The summed E-state index contributed by atoms with van der Waals surface area (Å²) >= 11 is 5.90. The third-order valence-electron chi connectivity index (χ3n) is 2.43. The summed E-state index contributed by atoms with van der Waals surface area (Å²) < 4.78 is 26.6. The number of benzene rings is 1. The number of aromatic nitrogens is 1. The molecule has 88 valence electrons. The molecular formula is C12H9ClF2N2. The van der Waals surface area contributed by atoms with Gasteiger partial charge in [0.25, 0.3) is 0 Å². The van der Waals surface area contributed by atoms with Crippen molar-refractivity contribution in [2.75, 3.05) is 0 Å². The summed E-state index contributed by atoms with van der Waals surface area (Å²) in [7, 11) is 0. The number of rotatable bonds is 2. The van der Waals surface area contributed by atoms with Crippen LogP contribution < -0.4 is 5.73 Å². The minimum Gasteiger partial charge on any atom is -0.320 e. The van der Waals surface area contributed by atoms with Crippen LogP contribution in [0.15, 0.2) is 36.7 Å². The van der Waals surface area contributed by atoms with Crippen molar-refractivity contribution in [1.29, 1.82) is 0 Å². The van der Waals surface area contributed by atoms with E-state index in [4.69, 9.17) is 17.3 Å². The Morgan fingerprint density at radius 2 is 1.94 bits per heavy atom. The van der Waals surface area contributed by atoms with Crippen molar-refractivity contribution < 1.29 is 8.78 Å². The van der Waals surface area contributed by atoms with Crippen LogP contribution >= 0.6 is 11.6 Å². The van der Waals surface area contributed by atoms with Crippen molar-refractivity contribution in [1.82, 2.24) is 4.98 Å². The maximum atomic E-state index is 13.5. The lowest BCUT2D eigenvalue weighted by molar-refractivity contribution is 0.576. The van der Waals surface area contributed by atoms with E-state index in [1.165, 1.54) is 12.4 Å². The molecule has 5 heteroatoms. The number of nitrogens with two attached hydrogens (primary N) is 1. The molecule has 1 unspecified atom stereocenters. The van der Waals surface area contributed by atoms with Crippen molar-refractivity contribution in [3.63, 3.8) is 0 Å².